The second-order valence-corrected chi connectivity index (χ2v) is 7.31. The van der Waals surface area contributed by atoms with E-state index in [0.717, 1.165) is 21.2 Å². The molecule has 3 nitrogen and oxygen atoms in total. The molecule has 0 saturated heterocycles. The number of halogens is 2. The molecule has 2 rings (SSSR count). The molecule has 0 unspecified atom stereocenters. The highest BCUT2D eigenvalue weighted by atomic mass is 79.9. The summed E-state index contributed by atoms with van der Waals surface area (Å²) >= 11 is 6.95. The van der Waals surface area contributed by atoms with Crippen LogP contribution < -0.4 is 5.32 Å². The van der Waals surface area contributed by atoms with Gasteiger partial charge >= 0.3 is 5.97 Å². The number of esters is 1. The van der Waals surface area contributed by atoms with Crippen molar-refractivity contribution in [3.63, 3.8) is 0 Å². The predicted octanol–water partition coefficient (Wildman–Crippen LogP) is 5.38. The van der Waals surface area contributed by atoms with Crippen LogP contribution >= 0.6 is 31.9 Å². The van der Waals surface area contributed by atoms with Gasteiger partial charge in [0.1, 0.15) is 0 Å². The van der Waals surface area contributed by atoms with Gasteiger partial charge in [-0.15, -0.1) is 0 Å². The van der Waals surface area contributed by atoms with Crippen molar-refractivity contribution in [2.24, 2.45) is 5.92 Å². The molecular formula is C16H21Br2NO2. The molecule has 1 N–H and O–H groups in total. The maximum atomic E-state index is 11.9. The molecule has 1 aliphatic carbocycles. The molecule has 0 amide bonds. The summed E-state index contributed by atoms with van der Waals surface area (Å²) in [6.45, 7) is 0.907. The Morgan fingerprint density at radius 1 is 1.24 bits per heavy atom. The van der Waals surface area contributed by atoms with Crippen LogP contribution in [0.15, 0.2) is 21.1 Å². The third kappa shape index (κ3) is 4.71. The third-order valence-electron chi connectivity index (χ3n) is 4.00. The molecule has 0 heterocycles. The van der Waals surface area contributed by atoms with Crippen molar-refractivity contribution in [1.82, 2.24) is 0 Å². The van der Waals surface area contributed by atoms with Crippen molar-refractivity contribution in [2.45, 2.75) is 38.5 Å². The lowest BCUT2D eigenvalue weighted by atomic mass is 10.00. The van der Waals surface area contributed by atoms with Gasteiger partial charge < -0.3 is 10.1 Å². The Morgan fingerprint density at radius 3 is 2.52 bits per heavy atom. The fourth-order valence-electron chi connectivity index (χ4n) is 2.84. The topological polar surface area (TPSA) is 38.3 Å². The van der Waals surface area contributed by atoms with Crippen molar-refractivity contribution < 1.29 is 9.53 Å². The van der Waals surface area contributed by atoms with Crippen molar-refractivity contribution >= 4 is 43.5 Å². The maximum Gasteiger partial charge on any atom is 0.340 e. The first-order valence-electron chi connectivity index (χ1n) is 7.43. The van der Waals surface area contributed by atoms with E-state index in [9.17, 15) is 4.79 Å². The summed E-state index contributed by atoms with van der Waals surface area (Å²) in [5, 5.41) is 3.45. The molecule has 1 aromatic rings. The van der Waals surface area contributed by atoms with E-state index in [2.05, 4.69) is 37.2 Å². The molecule has 0 aliphatic heterocycles. The van der Waals surface area contributed by atoms with Crippen molar-refractivity contribution in [3.8, 4) is 0 Å². The zero-order valence-electron chi connectivity index (χ0n) is 12.3. The van der Waals surface area contributed by atoms with Gasteiger partial charge in [0.15, 0.2) is 0 Å². The zero-order valence-corrected chi connectivity index (χ0v) is 15.4. The molecule has 1 fully saturated rings. The lowest BCUT2D eigenvalue weighted by Crippen LogP contribution is -2.16. The van der Waals surface area contributed by atoms with E-state index in [4.69, 9.17) is 4.74 Å². The van der Waals surface area contributed by atoms with Crippen LogP contribution in [0.4, 0.5) is 5.69 Å². The minimum Gasteiger partial charge on any atom is -0.465 e. The van der Waals surface area contributed by atoms with E-state index in [0.29, 0.717) is 11.5 Å². The molecule has 116 valence electrons. The van der Waals surface area contributed by atoms with Crippen molar-refractivity contribution in [2.75, 3.05) is 19.0 Å². The fraction of sp³-hybridized carbons (Fsp3) is 0.562. The molecule has 1 aromatic carbocycles. The summed E-state index contributed by atoms with van der Waals surface area (Å²) in [5.74, 6) is 0.369. The molecular weight excluding hydrogens is 398 g/mol. The number of anilines is 1. The van der Waals surface area contributed by atoms with E-state index in [1.807, 2.05) is 6.07 Å². The van der Waals surface area contributed by atoms with Crippen LogP contribution in [0.2, 0.25) is 0 Å². The highest BCUT2D eigenvalue weighted by Gasteiger charge is 2.18. The molecule has 0 aromatic heterocycles. The average molecular weight is 419 g/mol. The molecule has 1 saturated carbocycles. The highest BCUT2D eigenvalue weighted by Crippen LogP contribution is 2.32. The van der Waals surface area contributed by atoms with Crippen LogP contribution in [0.25, 0.3) is 0 Å². The molecule has 0 bridgehead atoms. The molecule has 5 heteroatoms. The number of rotatable bonds is 4. The summed E-state index contributed by atoms with van der Waals surface area (Å²) in [5.41, 5.74) is 1.39. The quantitative estimate of drug-likeness (QED) is 0.526. The van der Waals surface area contributed by atoms with Gasteiger partial charge in [-0.25, -0.2) is 4.79 Å². The normalized spacial score (nSPS) is 16.3. The SMILES string of the molecule is COC(=O)c1cc(Br)cc(Br)c1NCC1CCCCCC1. The minimum atomic E-state index is -0.319. The number of methoxy groups -OCH3 is 1. The second kappa shape index (κ2) is 8.18. The van der Waals surface area contributed by atoms with Crippen LogP contribution in [0.3, 0.4) is 0 Å². The molecule has 0 radical (unpaired) electrons. The van der Waals surface area contributed by atoms with Gasteiger partial charge in [-0.3, -0.25) is 0 Å². The van der Waals surface area contributed by atoms with E-state index in [1.54, 1.807) is 6.07 Å². The van der Waals surface area contributed by atoms with E-state index in [1.165, 1.54) is 45.6 Å². The summed E-state index contributed by atoms with van der Waals surface area (Å²) in [6.07, 6.45) is 7.89. The number of carbonyl (C=O) groups excluding carboxylic acids is 1. The summed E-state index contributed by atoms with van der Waals surface area (Å²) < 4.78 is 6.61. The Morgan fingerprint density at radius 2 is 1.90 bits per heavy atom. The Balaban J connectivity index is 2.12. The summed E-state index contributed by atoms with van der Waals surface area (Å²) in [4.78, 5) is 11.9. The van der Waals surface area contributed by atoms with Crippen molar-refractivity contribution in [3.05, 3.63) is 26.6 Å². The monoisotopic (exact) mass is 417 g/mol. The first-order chi connectivity index (χ1) is 10.1. The largest absolute Gasteiger partial charge is 0.465 e. The lowest BCUT2D eigenvalue weighted by molar-refractivity contribution is 0.0601. The minimum absolute atomic E-state index is 0.319. The van der Waals surface area contributed by atoms with Gasteiger partial charge in [-0.2, -0.15) is 0 Å². The zero-order chi connectivity index (χ0) is 15.2. The molecule has 0 atom stereocenters. The number of ether oxygens (including phenoxy) is 1. The molecule has 1 aliphatic rings. The van der Waals surface area contributed by atoms with E-state index >= 15 is 0 Å². The smallest absolute Gasteiger partial charge is 0.340 e. The molecule has 21 heavy (non-hydrogen) atoms. The predicted molar refractivity (Wildman–Crippen MR) is 92.9 cm³/mol. The standard InChI is InChI=1S/C16H21Br2NO2/c1-21-16(20)13-8-12(17)9-14(18)15(13)19-10-11-6-4-2-3-5-7-11/h8-9,11,19H,2-7,10H2,1H3. The van der Waals surface area contributed by atoms with Gasteiger partial charge in [0.05, 0.1) is 18.4 Å². The maximum absolute atomic E-state index is 11.9. The van der Waals surface area contributed by atoms with Crippen LogP contribution in [0.5, 0.6) is 0 Å². The second-order valence-electron chi connectivity index (χ2n) is 5.54. The van der Waals surface area contributed by atoms with Crippen molar-refractivity contribution in [1.29, 1.82) is 0 Å². The van der Waals surface area contributed by atoms with Gasteiger partial charge in [0, 0.05) is 15.5 Å². The third-order valence-corrected chi connectivity index (χ3v) is 5.09. The summed E-state index contributed by atoms with van der Waals surface area (Å²) in [7, 11) is 1.41. The number of hydrogen-bond donors (Lipinski definition) is 1. The summed E-state index contributed by atoms with van der Waals surface area (Å²) in [6, 6.07) is 3.74. The van der Waals surface area contributed by atoms with Crippen LogP contribution in [0, 0.1) is 5.92 Å². The Kier molecular flexibility index (Phi) is 6.55. The van der Waals surface area contributed by atoms with Gasteiger partial charge in [-0.05, 0) is 46.8 Å². The lowest BCUT2D eigenvalue weighted by Gasteiger charge is -2.18. The van der Waals surface area contributed by atoms with Crippen LogP contribution in [-0.4, -0.2) is 19.6 Å². The van der Waals surface area contributed by atoms with E-state index < -0.39 is 0 Å². The Labute approximate surface area is 143 Å². The van der Waals surface area contributed by atoms with Crippen LogP contribution in [-0.2, 0) is 4.74 Å². The van der Waals surface area contributed by atoms with Gasteiger partial charge in [-0.1, -0.05) is 41.6 Å². The first kappa shape index (κ1) is 16.8. The van der Waals surface area contributed by atoms with Gasteiger partial charge in [0.25, 0.3) is 0 Å². The Bertz CT molecular complexity index is 497. The van der Waals surface area contributed by atoms with E-state index in [-0.39, 0.29) is 5.97 Å². The van der Waals surface area contributed by atoms with Gasteiger partial charge in [0.2, 0.25) is 0 Å². The number of benzene rings is 1. The number of carbonyl (C=O) groups is 1. The Hall–Kier alpha value is -0.550. The van der Waals surface area contributed by atoms with Crippen LogP contribution in [0.1, 0.15) is 48.9 Å². The number of nitrogens with one attached hydrogen (secondary N) is 1. The average Bonchev–Trinajstić information content (AvgIpc) is 2.73. The number of hydrogen-bond acceptors (Lipinski definition) is 3. The first-order valence-corrected chi connectivity index (χ1v) is 9.01. The fourth-order valence-corrected chi connectivity index (χ4v) is 4.20. The highest BCUT2D eigenvalue weighted by molar-refractivity contribution is 9.11. The molecule has 0 spiro atoms.